The summed E-state index contributed by atoms with van der Waals surface area (Å²) in [5.41, 5.74) is 3.81. The lowest BCUT2D eigenvalue weighted by Gasteiger charge is -2.38. The average Bonchev–Trinajstić information content (AvgIpc) is 2.87. The number of nitrogens with zero attached hydrogens (tertiary/aromatic N) is 1. The summed E-state index contributed by atoms with van der Waals surface area (Å²) in [6.07, 6.45) is 0.662. The molecular weight excluding hydrogens is 252 g/mol. The van der Waals surface area contributed by atoms with Gasteiger partial charge in [0.05, 0.1) is 12.1 Å². The van der Waals surface area contributed by atoms with Crippen molar-refractivity contribution in [1.29, 1.82) is 0 Å². The highest BCUT2D eigenvalue weighted by atomic mass is 16.3. The van der Waals surface area contributed by atoms with Crippen molar-refractivity contribution in [2.24, 2.45) is 0 Å². The van der Waals surface area contributed by atoms with E-state index in [9.17, 15) is 9.90 Å². The van der Waals surface area contributed by atoms with E-state index in [1.165, 1.54) is 16.7 Å². The van der Waals surface area contributed by atoms with Gasteiger partial charge in [0.25, 0.3) is 0 Å². The van der Waals surface area contributed by atoms with Gasteiger partial charge in [0.1, 0.15) is 0 Å². The Hall–Kier alpha value is -1.39. The van der Waals surface area contributed by atoms with E-state index in [-0.39, 0.29) is 24.0 Å². The van der Waals surface area contributed by atoms with Gasteiger partial charge in [0.2, 0.25) is 5.91 Å². The van der Waals surface area contributed by atoms with Crippen molar-refractivity contribution in [3.05, 3.63) is 34.9 Å². The average molecular weight is 274 g/mol. The Morgan fingerprint density at radius 1 is 1.30 bits per heavy atom. The Kier molecular flexibility index (Phi) is 3.52. The summed E-state index contributed by atoms with van der Waals surface area (Å²) < 4.78 is 0. The molecule has 0 aliphatic carbocycles. The molecule has 0 spiro atoms. The number of hydrogen-bond donors (Lipinski definition) is 2. The van der Waals surface area contributed by atoms with Crippen LogP contribution in [0.5, 0.6) is 0 Å². The topological polar surface area (TPSA) is 52.6 Å². The zero-order chi connectivity index (χ0) is 14.3. The van der Waals surface area contributed by atoms with Gasteiger partial charge in [-0.2, -0.15) is 0 Å². The van der Waals surface area contributed by atoms with Gasteiger partial charge in [-0.3, -0.25) is 4.79 Å². The van der Waals surface area contributed by atoms with Crippen molar-refractivity contribution in [2.45, 2.75) is 38.3 Å². The molecule has 3 rings (SSSR count). The normalized spacial score (nSPS) is 26.6. The molecule has 20 heavy (non-hydrogen) atoms. The number of rotatable bonds is 2. The molecule has 4 heteroatoms. The van der Waals surface area contributed by atoms with Crippen LogP contribution in [-0.2, 0) is 4.79 Å². The van der Waals surface area contributed by atoms with Crippen LogP contribution in [0.3, 0.4) is 0 Å². The lowest BCUT2D eigenvalue weighted by Crippen LogP contribution is -2.58. The van der Waals surface area contributed by atoms with Crippen LogP contribution < -0.4 is 5.32 Å². The third kappa shape index (κ3) is 2.34. The van der Waals surface area contributed by atoms with Crippen LogP contribution in [0.4, 0.5) is 0 Å². The predicted octanol–water partition coefficient (Wildman–Crippen LogP) is 0.952. The fourth-order valence-corrected chi connectivity index (χ4v) is 3.15. The van der Waals surface area contributed by atoms with Crippen LogP contribution >= 0.6 is 0 Å². The van der Waals surface area contributed by atoms with E-state index in [1.807, 2.05) is 0 Å². The highest BCUT2D eigenvalue weighted by Crippen LogP contribution is 2.30. The van der Waals surface area contributed by atoms with Crippen molar-refractivity contribution >= 4 is 5.91 Å². The van der Waals surface area contributed by atoms with E-state index in [4.69, 9.17) is 0 Å². The van der Waals surface area contributed by atoms with Crippen molar-refractivity contribution in [1.82, 2.24) is 10.2 Å². The molecule has 0 saturated carbocycles. The molecule has 0 bridgehead atoms. The summed E-state index contributed by atoms with van der Waals surface area (Å²) in [6, 6.07) is 6.35. The van der Waals surface area contributed by atoms with E-state index in [1.54, 1.807) is 4.90 Å². The number of amides is 1. The molecule has 4 nitrogen and oxygen atoms in total. The first kappa shape index (κ1) is 13.6. The molecule has 2 saturated heterocycles. The van der Waals surface area contributed by atoms with E-state index in [2.05, 4.69) is 37.4 Å². The number of carbonyl (C=O) groups is 1. The predicted molar refractivity (Wildman–Crippen MR) is 77.7 cm³/mol. The standard InChI is InChI=1S/C16H22N2O2/c1-10-3-4-12(7-11(10)2)14-5-6-17-15(14)16(20)18-8-13(19)9-18/h3-4,7,13-15,17,19H,5-6,8-9H2,1-2H3. The fraction of sp³-hybridized carbons (Fsp3) is 0.562. The molecule has 108 valence electrons. The summed E-state index contributed by atoms with van der Waals surface area (Å²) in [7, 11) is 0. The second-order valence-corrected chi connectivity index (χ2v) is 6.07. The molecule has 2 unspecified atom stereocenters. The maximum atomic E-state index is 12.5. The van der Waals surface area contributed by atoms with E-state index < -0.39 is 0 Å². The summed E-state index contributed by atoms with van der Waals surface area (Å²) in [4.78, 5) is 14.2. The van der Waals surface area contributed by atoms with Gasteiger partial charge < -0.3 is 15.3 Å². The van der Waals surface area contributed by atoms with Gasteiger partial charge in [0.15, 0.2) is 0 Å². The van der Waals surface area contributed by atoms with Gasteiger partial charge in [0, 0.05) is 19.0 Å². The van der Waals surface area contributed by atoms with E-state index >= 15 is 0 Å². The Morgan fingerprint density at radius 2 is 2.05 bits per heavy atom. The number of likely N-dealkylation sites (tertiary alicyclic amines) is 1. The Bertz CT molecular complexity index is 523. The first-order valence-corrected chi connectivity index (χ1v) is 7.33. The summed E-state index contributed by atoms with van der Waals surface area (Å²) >= 11 is 0. The van der Waals surface area contributed by atoms with Crippen LogP contribution in [0.25, 0.3) is 0 Å². The number of β-amino-alcohol motifs (C(OH)–C–C–N with tert-alkyl or cyclic N) is 1. The van der Waals surface area contributed by atoms with Gasteiger partial charge in [-0.25, -0.2) is 0 Å². The smallest absolute Gasteiger partial charge is 0.240 e. The maximum Gasteiger partial charge on any atom is 0.240 e. The molecule has 2 heterocycles. The molecule has 1 aromatic rings. The van der Waals surface area contributed by atoms with Crippen molar-refractivity contribution < 1.29 is 9.90 Å². The van der Waals surface area contributed by atoms with Crippen LogP contribution in [0.15, 0.2) is 18.2 Å². The van der Waals surface area contributed by atoms with E-state index in [0.717, 1.165) is 13.0 Å². The zero-order valence-corrected chi connectivity index (χ0v) is 12.1. The van der Waals surface area contributed by atoms with Gasteiger partial charge in [-0.15, -0.1) is 0 Å². The molecule has 0 radical (unpaired) electrons. The molecule has 1 aromatic carbocycles. The number of aliphatic hydroxyl groups excluding tert-OH is 1. The minimum absolute atomic E-state index is 0.135. The number of nitrogens with one attached hydrogen (secondary N) is 1. The third-order valence-corrected chi connectivity index (χ3v) is 4.62. The number of carbonyl (C=O) groups excluding carboxylic acids is 1. The van der Waals surface area contributed by atoms with Crippen molar-refractivity contribution in [2.75, 3.05) is 19.6 Å². The lowest BCUT2D eigenvalue weighted by molar-refractivity contribution is -0.143. The summed E-state index contributed by atoms with van der Waals surface area (Å²) in [6.45, 7) is 6.07. The highest BCUT2D eigenvalue weighted by molar-refractivity contribution is 5.84. The van der Waals surface area contributed by atoms with Gasteiger partial charge in [-0.05, 0) is 43.5 Å². The monoisotopic (exact) mass is 274 g/mol. The Balaban J connectivity index is 1.78. The first-order chi connectivity index (χ1) is 9.56. The molecule has 2 atom stereocenters. The lowest BCUT2D eigenvalue weighted by atomic mass is 9.89. The largest absolute Gasteiger partial charge is 0.389 e. The van der Waals surface area contributed by atoms with Crippen LogP contribution in [-0.4, -0.2) is 47.7 Å². The van der Waals surface area contributed by atoms with Crippen molar-refractivity contribution in [3.63, 3.8) is 0 Å². The van der Waals surface area contributed by atoms with Gasteiger partial charge in [-0.1, -0.05) is 18.2 Å². The number of benzene rings is 1. The number of hydrogen-bond acceptors (Lipinski definition) is 3. The molecule has 2 aliphatic rings. The highest BCUT2D eigenvalue weighted by Gasteiger charge is 2.39. The molecular formula is C16H22N2O2. The summed E-state index contributed by atoms with van der Waals surface area (Å²) in [5.74, 6) is 0.385. The fourth-order valence-electron chi connectivity index (χ4n) is 3.15. The van der Waals surface area contributed by atoms with Crippen LogP contribution in [0.2, 0.25) is 0 Å². The molecule has 2 aliphatic heterocycles. The van der Waals surface area contributed by atoms with Gasteiger partial charge >= 0.3 is 0 Å². The Morgan fingerprint density at radius 3 is 2.70 bits per heavy atom. The number of aryl methyl sites for hydroxylation is 2. The zero-order valence-electron chi connectivity index (χ0n) is 12.1. The summed E-state index contributed by atoms with van der Waals surface area (Å²) in [5, 5.41) is 12.7. The number of aliphatic hydroxyl groups is 1. The third-order valence-electron chi connectivity index (χ3n) is 4.62. The quantitative estimate of drug-likeness (QED) is 0.844. The molecule has 0 aromatic heterocycles. The minimum Gasteiger partial charge on any atom is -0.389 e. The first-order valence-electron chi connectivity index (χ1n) is 7.33. The second-order valence-electron chi connectivity index (χ2n) is 6.07. The molecule has 2 N–H and O–H groups in total. The second kappa shape index (κ2) is 5.19. The van der Waals surface area contributed by atoms with E-state index in [0.29, 0.717) is 13.1 Å². The molecule has 1 amide bonds. The minimum atomic E-state index is -0.333. The molecule has 2 fully saturated rings. The van der Waals surface area contributed by atoms with Crippen LogP contribution in [0.1, 0.15) is 29.0 Å². The van der Waals surface area contributed by atoms with Crippen LogP contribution in [0, 0.1) is 13.8 Å². The Labute approximate surface area is 119 Å². The SMILES string of the molecule is Cc1ccc(C2CCNC2C(=O)N2CC(O)C2)cc1C. The van der Waals surface area contributed by atoms with Crippen molar-refractivity contribution in [3.8, 4) is 0 Å². The maximum absolute atomic E-state index is 12.5.